The average Bonchev–Trinajstić information content (AvgIpc) is 3.32. The largest absolute Gasteiger partial charge is 0.353 e. The number of carbonyl (C=O) groups is 1. The van der Waals surface area contributed by atoms with Crippen molar-refractivity contribution in [2.24, 2.45) is 0 Å². The van der Waals surface area contributed by atoms with E-state index in [-0.39, 0.29) is 17.8 Å². The molecule has 1 unspecified atom stereocenters. The average molecular weight is 333 g/mol. The van der Waals surface area contributed by atoms with Gasteiger partial charge in [0.2, 0.25) is 5.91 Å². The standard InChI is InChI=1S/C19H24FNO3/c20-15-6-4-14(5-7-15)18(10-11-18)17(22)21-12-16-13-23-19(24-16)8-2-1-3-9-19/h4-7,16H,1-3,8-13H2,(H,21,22). The van der Waals surface area contributed by atoms with Gasteiger partial charge in [-0.2, -0.15) is 0 Å². The Balaban J connectivity index is 1.33. The summed E-state index contributed by atoms with van der Waals surface area (Å²) in [6.07, 6.45) is 7.01. The van der Waals surface area contributed by atoms with Gasteiger partial charge in [-0.15, -0.1) is 0 Å². The summed E-state index contributed by atoms with van der Waals surface area (Å²) in [6.45, 7) is 1.02. The van der Waals surface area contributed by atoms with Crippen LogP contribution in [-0.4, -0.2) is 30.9 Å². The van der Waals surface area contributed by atoms with Gasteiger partial charge in [-0.25, -0.2) is 4.39 Å². The van der Waals surface area contributed by atoms with E-state index in [4.69, 9.17) is 9.47 Å². The number of carbonyl (C=O) groups excluding carboxylic acids is 1. The minimum absolute atomic E-state index is 0.0160. The maximum atomic E-state index is 13.1. The summed E-state index contributed by atoms with van der Waals surface area (Å²) in [5.41, 5.74) is 0.420. The number of ether oxygens (including phenoxy) is 2. The number of hydrogen-bond acceptors (Lipinski definition) is 3. The summed E-state index contributed by atoms with van der Waals surface area (Å²) in [5, 5.41) is 3.02. The molecule has 1 N–H and O–H groups in total. The molecule has 2 aliphatic carbocycles. The number of nitrogens with one attached hydrogen (secondary N) is 1. The molecule has 1 aliphatic heterocycles. The van der Waals surface area contributed by atoms with Crippen molar-refractivity contribution < 1.29 is 18.7 Å². The SMILES string of the molecule is O=C(NCC1COC2(CCCCC2)O1)C1(c2ccc(F)cc2)CC1. The lowest BCUT2D eigenvalue weighted by Gasteiger charge is -2.31. The Bertz CT molecular complexity index is 606. The van der Waals surface area contributed by atoms with Crippen LogP contribution in [0.25, 0.3) is 0 Å². The van der Waals surface area contributed by atoms with Gasteiger partial charge in [-0.1, -0.05) is 18.6 Å². The summed E-state index contributed by atoms with van der Waals surface area (Å²) in [6, 6.07) is 6.27. The number of amides is 1. The minimum atomic E-state index is -0.477. The van der Waals surface area contributed by atoms with Crippen molar-refractivity contribution in [1.82, 2.24) is 5.32 Å². The lowest BCUT2D eigenvalue weighted by Crippen LogP contribution is -2.41. The first-order valence-electron chi connectivity index (χ1n) is 8.98. The third kappa shape index (κ3) is 2.95. The van der Waals surface area contributed by atoms with E-state index in [9.17, 15) is 9.18 Å². The second-order valence-electron chi connectivity index (χ2n) is 7.32. The summed E-state index contributed by atoms with van der Waals surface area (Å²) < 4.78 is 25.1. The van der Waals surface area contributed by atoms with Crippen molar-refractivity contribution in [2.75, 3.05) is 13.2 Å². The molecule has 3 aliphatic rings. The van der Waals surface area contributed by atoms with Crippen molar-refractivity contribution in [1.29, 1.82) is 0 Å². The van der Waals surface area contributed by atoms with Gasteiger partial charge in [0.15, 0.2) is 5.79 Å². The fourth-order valence-corrected chi connectivity index (χ4v) is 3.99. The molecule has 0 aromatic heterocycles. The monoisotopic (exact) mass is 333 g/mol. The van der Waals surface area contributed by atoms with Crippen molar-refractivity contribution in [3.05, 3.63) is 35.6 Å². The molecule has 4 rings (SSSR count). The Hall–Kier alpha value is -1.46. The molecule has 0 radical (unpaired) electrons. The van der Waals surface area contributed by atoms with Gasteiger partial charge in [0.1, 0.15) is 11.9 Å². The number of benzene rings is 1. The summed E-state index contributed by atoms with van der Waals surface area (Å²) in [5.74, 6) is -0.659. The van der Waals surface area contributed by atoms with Crippen molar-refractivity contribution in [3.63, 3.8) is 0 Å². The van der Waals surface area contributed by atoms with Gasteiger partial charge in [0.25, 0.3) is 0 Å². The summed E-state index contributed by atoms with van der Waals surface area (Å²) in [4.78, 5) is 12.6. The normalized spacial score (nSPS) is 27.1. The molecule has 2 saturated carbocycles. The van der Waals surface area contributed by atoms with Crippen LogP contribution in [0, 0.1) is 5.82 Å². The highest BCUT2D eigenvalue weighted by atomic mass is 19.1. The molecule has 1 amide bonds. The highest BCUT2D eigenvalue weighted by Gasteiger charge is 2.51. The summed E-state index contributed by atoms with van der Waals surface area (Å²) >= 11 is 0. The van der Waals surface area contributed by atoms with Crippen LogP contribution in [0.4, 0.5) is 4.39 Å². The third-order valence-electron chi connectivity index (χ3n) is 5.60. The van der Waals surface area contributed by atoms with Gasteiger partial charge >= 0.3 is 0 Å². The molecule has 3 fully saturated rings. The molecule has 1 aromatic rings. The van der Waals surface area contributed by atoms with Crippen LogP contribution in [0.2, 0.25) is 0 Å². The highest BCUT2D eigenvalue weighted by molar-refractivity contribution is 5.91. The van der Waals surface area contributed by atoms with Crippen molar-refractivity contribution in [2.45, 2.75) is 62.3 Å². The minimum Gasteiger partial charge on any atom is -0.353 e. The van der Waals surface area contributed by atoms with Gasteiger partial charge in [0, 0.05) is 19.4 Å². The first-order chi connectivity index (χ1) is 11.6. The number of halogens is 1. The van der Waals surface area contributed by atoms with E-state index in [2.05, 4.69) is 5.32 Å². The molecule has 4 nitrogen and oxygen atoms in total. The lowest BCUT2D eigenvalue weighted by molar-refractivity contribution is -0.186. The zero-order valence-electron chi connectivity index (χ0n) is 13.9. The molecule has 24 heavy (non-hydrogen) atoms. The molecule has 0 bridgehead atoms. The predicted molar refractivity (Wildman–Crippen MR) is 87.0 cm³/mol. The fourth-order valence-electron chi connectivity index (χ4n) is 3.99. The molecule has 1 spiro atoms. The fraction of sp³-hybridized carbons (Fsp3) is 0.632. The number of rotatable bonds is 4. The molecule has 1 aromatic carbocycles. The van der Waals surface area contributed by atoms with E-state index in [0.717, 1.165) is 44.1 Å². The van der Waals surface area contributed by atoms with Crippen molar-refractivity contribution >= 4 is 5.91 Å². The molecule has 1 heterocycles. The molecular weight excluding hydrogens is 309 g/mol. The van der Waals surface area contributed by atoms with Crippen LogP contribution in [0.1, 0.15) is 50.5 Å². The molecule has 1 atom stereocenters. The van der Waals surface area contributed by atoms with Crippen LogP contribution >= 0.6 is 0 Å². The van der Waals surface area contributed by atoms with E-state index in [0.29, 0.717) is 13.2 Å². The van der Waals surface area contributed by atoms with E-state index in [1.807, 2.05) is 0 Å². The second-order valence-corrected chi connectivity index (χ2v) is 7.32. The Kier molecular flexibility index (Phi) is 4.09. The van der Waals surface area contributed by atoms with Crippen LogP contribution in [0.5, 0.6) is 0 Å². The topological polar surface area (TPSA) is 47.6 Å². The molecule has 130 valence electrons. The first kappa shape index (κ1) is 16.0. The molecular formula is C19H24FNO3. The number of hydrogen-bond donors (Lipinski definition) is 1. The van der Waals surface area contributed by atoms with Crippen LogP contribution in [0.3, 0.4) is 0 Å². The predicted octanol–water partition coefficient (Wildman–Crippen LogP) is 3.05. The zero-order valence-corrected chi connectivity index (χ0v) is 13.9. The van der Waals surface area contributed by atoms with Crippen LogP contribution < -0.4 is 5.32 Å². The quantitative estimate of drug-likeness (QED) is 0.921. The van der Waals surface area contributed by atoms with Crippen LogP contribution in [-0.2, 0) is 19.7 Å². The first-order valence-corrected chi connectivity index (χ1v) is 8.98. The Morgan fingerprint density at radius 3 is 2.50 bits per heavy atom. The van der Waals surface area contributed by atoms with Gasteiger partial charge < -0.3 is 14.8 Å². The maximum absolute atomic E-state index is 13.1. The van der Waals surface area contributed by atoms with E-state index >= 15 is 0 Å². The molecule has 1 saturated heterocycles. The van der Waals surface area contributed by atoms with E-state index in [1.54, 1.807) is 12.1 Å². The third-order valence-corrected chi connectivity index (χ3v) is 5.60. The van der Waals surface area contributed by atoms with Gasteiger partial charge in [-0.3, -0.25) is 4.79 Å². The van der Waals surface area contributed by atoms with Crippen molar-refractivity contribution in [3.8, 4) is 0 Å². The highest BCUT2D eigenvalue weighted by Crippen LogP contribution is 2.48. The van der Waals surface area contributed by atoms with E-state index in [1.165, 1.54) is 18.6 Å². The maximum Gasteiger partial charge on any atom is 0.230 e. The Morgan fingerprint density at radius 1 is 1.12 bits per heavy atom. The smallest absolute Gasteiger partial charge is 0.230 e. The van der Waals surface area contributed by atoms with Gasteiger partial charge in [0.05, 0.1) is 12.0 Å². The van der Waals surface area contributed by atoms with Gasteiger partial charge in [-0.05, 0) is 43.4 Å². The molecule has 5 heteroatoms. The Morgan fingerprint density at radius 2 is 1.83 bits per heavy atom. The summed E-state index contributed by atoms with van der Waals surface area (Å²) in [7, 11) is 0. The second kappa shape index (κ2) is 6.12. The van der Waals surface area contributed by atoms with Crippen LogP contribution in [0.15, 0.2) is 24.3 Å². The lowest BCUT2D eigenvalue weighted by atomic mass is 9.94. The van der Waals surface area contributed by atoms with E-state index < -0.39 is 11.2 Å². The zero-order chi connectivity index (χ0) is 16.6. The Labute approximate surface area is 141 Å².